The van der Waals surface area contributed by atoms with Crippen LogP contribution in [0.25, 0.3) is 20.4 Å². The molecule has 3 aromatic rings. The second kappa shape index (κ2) is 4.66. The van der Waals surface area contributed by atoms with E-state index in [-0.39, 0.29) is 11.6 Å². The zero-order valence-corrected chi connectivity index (χ0v) is 12.9. The van der Waals surface area contributed by atoms with Crippen LogP contribution in [0.3, 0.4) is 0 Å². The standard InChI is InChI=1S/C15H17N3OS/c1-5-10(4)18-7-16-12-11-8(2)6-9(3)17-14(11)20-13(12)15(18)19/h6-7,10H,5H2,1-4H3. The van der Waals surface area contributed by atoms with Crippen molar-refractivity contribution in [1.29, 1.82) is 0 Å². The topological polar surface area (TPSA) is 47.8 Å². The summed E-state index contributed by atoms with van der Waals surface area (Å²) in [5, 5.41) is 1.02. The van der Waals surface area contributed by atoms with Crippen LogP contribution >= 0.6 is 11.3 Å². The van der Waals surface area contributed by atoms with Gasteiger partial charge in [0.05, 0.1) is 11.8 Å². The summed E-state index contributed by atoms with van der Waals surface area (Å²) in [5.41, 5.74) is 2.94. The number of aryl methyl sites for hydroxylation is 2. The van der Waals surface area contributed by atoms with Gasteiger partial charge in [0.25, 0.3) is 5.56 Å². The number of fused-ring (bicyclic) bond motifs is 3. The highest BCUT2D eigenvalue weighted by molar-refractivity contribution is 7.25. The third-order valence-corrected chi connectivity index (χ3v) is 4.83. The molecule has 0 bridgehead atoms. The minimum atomic E-state index is 0.0457. The van der Waals surface area contributed by atoms with E-state index in [9.17, 15) is 4.79 Å². The van der Waals surface area contributed by atoms with E-state index in [0.29, 0.717) is 4.70 Å². The van der Waals surface area contributed by atoms with Crippen LogP contribution in [-0.2, 0) is 0 Å². The van der Waals surface area contributed by atoms with Crippen LogP contribution in [0.2, 0.25) is 0 Å². The molecule has 0 saturated carbocycles. The Kier molecular flexibility index (Phi) is 3.09. The Balaban J connectivity index is 2.43. The van der Waals surface area contributed by atoms with Gasteiger partial charge >= 0.3 is 0 Å². The first-order chi connectivity index (χ1) is 9.52. The molecule has 4 nitrogen and oxygen atoms in total. The van der Waals surface area contributed by atoms with Gasteiger partial charge in [0, 0.05) is 17.1 Å². The number of rotatable bonds is 2. The van der Waals surface area contributed by atoms with Gasteiger partial charge in [0.1, 0.15) is 9.53 Å². The molecule has 0 amide bonds. The maximum atomic E-state index is 12.6. The number of hydrogen-bond acceptors (Lipinski definition) is 4. The summed E-state index contributed by atoms with van der Waals surface area (Å²) in [6, 6.07) is 2.21. The highest BCUT2D eigenvalue weighted by atomic mass is 32.1. The molecule has 0 fully saturated rings. The Morgan fingerprint density at radius 2 is 2.15 bits per heavy atom. The summed E-state index contributed by atoms with van der Waals surface area (Å²) in [4.78, 5) is 22.6. The molecule has 104 valence electrons. The molecule has 1 atom stereocenters. The Bertz CT molecular complexity index is 863. The van der Waals surface area contributed by atoms with Crippen LogP contribution in [0, 0.1) is 13.8 Å². The molecule has 3 rings (SSSR count). The van der Waals surface area contributed by atoms with Gasteiger partial charge in [-0.1, -0.05) is 6.92 Å². The lowest BCUT2D eigenvalue weighted by Gasteiger charge is -2.11. The largest absolute Gasteiger partial charge is 0.295 e. The van der Waals surface area contributed by atoms with Crippen LogP contribution < -0.4 is 5.56 Å². The number of nitrogens with zero attached hydrogens (tertiary/aromatic N) is 3. The van der Waals surface area contributed by atoms with Crippen molar-refractivity contribution in [3.63, 3.8) is 0 Å². The van der Waals surface area contributed by atoms with E-state index in [2.05, 4.69) is 16.9 Å². The van der Waals surface area contributed by atoms with Crippen molar-refractivity contribution in [3.8, 4) is 0 Å². The van der Waals surface area contributed by atoms with E-state index < -0.39 is 0 Å². The molecule has 0 radical (unpaired) electrons. The fraction of sp³-hybridized carbons (Fsp3) is 0.400. The molecule has 5 heteroatoms. The molecule has 20 heavy (non-hydrogen) atoms. The van der Waals surface area contributed by atoms with E-state index in [0.717, 1.165) is 33.4 Å². The van der Waals surface area contributed by atoms with Crippen molar-refractivity contribution in [2.24, 2.45) is 0 Å². The molecule has 0 spiro atoms. The zero-order chi connectivity index (χ0) is 14.4. The molecule has 3 heterocycles. The van der Waals surface area contributed by atoms with E-state index in [1.165, 1.54) is 11.3 Å². The third kappa shape index (κ3) is 1.85. The first-order valence-corrected chi connectivity index (χ1v) is 7.62. The van der Waals surface area contributed by atoms with Gasteiger partial charge in [-0.3, -0.25) is 9.36 Å². The molecule has 1 unspecified atom stereocenters. The normalized spacial score (nSPS) is 13.2. The second-order valence-corrected chi connectivity index (χ2v) is 6.25. The summed E-state index contributed by atoms with van der Waals surface area (Å²) in [7, 11) is 0. The van der Waals surface area contributed by atoms with E-state index in [1.807, 2.05) is 26.8 Å². The highest BCUT2D eigenvalue weighted by Crippen LogP contribution is 2.31. The average Bonchev–Trinajstić information content (AvgIpc) is 2.77. The van der Waals surface area contributed by atoms with Gasteiger partial charge < -0.3 is 0 Å². The molecule has 0 aliphatic carbocycles. The lowest BCUT2D eigenvalue weighted by molar-refractivity contribution is 0.511. The number of aromatic nitrogens is 3. The smallest absolute Gasteiger partial charge is 0.271 e. The van der Waals surface area contributed by atoms with Crippen LogP contribution in [0.5, 0.6) is 0 Å². The van der Waals surface area contributed by atoms with Crippen molar-refractivity contribution < 1.29 is 0 Å². The Labute approximate surface area is 121 Å². The fourth-order valence-corrected chi connectivity index (χ4v) is 3.68. The van der Waals surface area contributed by atoms with Crippen molar-refractivity contribution >= 4 is 31.8 Å². The molecule has 3 aromatic heterocycles. The first-order valence-electron chi connectivity index (χ1n) is 6.80. The summed E-state index contributed by atoms with van der Waals surface area (Å²) in [5.74, 6) is 0. The summed E-state index contributed by atoms with van der Waals surface area (Å²) in [6.07, 6.45) is 2.58. The van der Waals surface area contributed by atoms with Gasteiger partial charge in [0.2, 0.25) is 0 Å². The molecule has 0 aliphatic rings. The number of pyridine rings is 1. The Morgan fingerprint density at radius 3 is 2.85 bits per heavy atom. The minimum Gasteiger partial charge on any atom is -0.295 e. The quantitative estimate of drug-likeness (QED) is 0.723. The molecule has 0 saturated heterocycles. The highest BCUT2D eigenvalue weighted by Gasteiger charge is 2.16. The van der Waals surface area contributed by atoms with E-state index in [1.54, 1.807) is 10.9 Å². The molecule has 0 aliphatic heterocycles. The van der Waals surface area contributed by atoms with Crippen LogP contribution in [-0.4, -0.2) is 14.5 Å². The van der Waals surface area contributed by atoms with Crippen molar-refractivity contribution in [2.45, 2.75) is 40.2 Å². The monoisotopic (exact) mass is 287 g/mol. The Hall–Kier alpha value is -1.75. The van der Waals surface area contributed by atoms with Gasteiger partial charge in [-0.05, 0) is 38.8 Å². The minimum absolute atomic E-state index is 0.0457. The third-order valence-electron chi connectivity index (χ3n) is 3.77. The first kappa shape index (κ1) is 13.2. The van der Waals surface area contributed by atoms with E-state index >= 15 is 0 Å². The number of thiophene rings is 1. The van der Waals surface area contributed by atoms with E-state index in [4.69, 9.17) is 0 Å². The van der Waals surface area contributed by atoms with Gasteiger partial charge in [-0.2, -0.15) is 0 Å². The zero-order valence-electron chi connectivity index (χ0n) is 12.1. The van der Waals surface area contributed by atoms with Gasteiger partial charge in [0.15, 0.2) is 0 Å². The average molecular weight is 287 g/mol. The molecule has 0 aromatic carbocycles. The SMILES string of the molecule is CCC(C)n1cnc2c(sc3nc(C)cc(C)c32)c1=O. The molecular formula is C15H17N3OS. The fourth-order valence-electron chi connectivity index (χ4n) is 2.49. The summed E-state index contributed by atoms with van der Waals surface area (Å²) < 4.78 is 2.43. The van der Waals surface area contributed by atoms with Crippen molar-refractivity contribution in [3.05, 3.63) is 34.0 Å². The number of hydrogen-bond donors (Lipinski definition) is 0. The summed E-state index contributed by atoms with van der Waals surface area (Å²) >= 11 is 1.45. The van der Waals surface area contributed by atoms with Crippen LogP contribution in [0.15, 0.2) is 17.2 Å². The molecule has 0 N–H and O–H groups in total. The van der Waals surface area contributed by atoms with Crippen LogP contribution in [0.1, 0.15) is 37.6 Å². The maximum absolute atomic E-state index is 12.6. The Morgan fingerprint density at radius 1 is 1.40 bits per heavy atom. The lowest BCUT2D eigenvalue weighted by atomic mass is 10.1. The second-order valence-electron chi connectivity index (χ2n) is 5.25. The van der Waals surface area contributed by atoms with Crippen molar-refractivity contribution in [2.75, 3.05) is 0 Å². The molecular weight excluding hydrogens is 270 g/mol. The predicted molar refractivity (Wildman–Crippen MR) is 83.7 cm³/mol. The predicted octanol–water partition coefficient (Wildman–Crippen LogP) is 3.59. The summed E-state index contributed by atoms with van der Waals surface area (Å²) in [6.45, 7) is 8.13. The van der Waals surface area contributed by atoms with Gasteiger partial charge in [-0.25, -0.2) is 9.97 Å². The van der Waals surface area contributed by atoms with Gasteiger partial charge in [-0.15, -0.1) is 11.3 Å². The van der Waals surface area contributed by atoms with Crippen molar-refractivity contribution in [1.82, 2.24) is 14.5 Å². The maximum Gasteiger partial charge on any atom is 0.271 e. The lowest BCUT2D eigenvalue weighted by Crippen LogP contribution is -2.22. The van der Waals surface area contributed by atoms with Crippen LogP contribution in [0.4, 0.5) is 0 Å².